The standard InChI is InChI=1S/C13H16N4S/c1-4-11(13-16-5-6-18-13)17-9(3)8(2)10(7-14)12(17)15/h5-6,11H,4,15H2,1-3H3. The van der Waals surface area contributed by atoms with Crippen molar-refractivity contribution in [1.82, 2.24) is 9.55 Å². The minimum Gasteiger partial charge on any atom is -0.384 e. The lowest BCUT2D eigenvalue weighted by Crippen LogP contribution is -2.14. The number of nitrogen functional groups attached to an aromatic ring is 1. The minimum atomic E-state index is 0.116. The van der Waals surface area contributed by atoms with Crippen molar-refractivity contribution in [2.24, 2.45) is 0 Å². The van der Waals surface area contributed by atoms with E-state index in [0.29, 0.717) is 11.4 Å². The van der Waals surface area contributed by atoms with Crippen LogP contribution in [0, 0.1) is 25.2 Å². The molecule has 0 radical (unpaired) electrons. The van der Waals surface area contributed by atoms with Crippen LogP contribution in [0.25, 0.3) is 0 Å². The number of anilines is 1. The van der Waals surface area contributed by atoms with E-state index in [9.17, 15) is 0 Å². The van der Waals surface area contributed by atoms with E-state index >= 15 is 0 Å². The van der Waals surface area contributed by atoms with Crippen molar-refractivity contribution in [3.05, 3.63) is 33.4 Å². The van der Waals surface area contributed by atoms with Crippen molar-refractivity contribution in [2.45, 2.75) is 33.2 Å². The van der Waals surface area contributed by atoms with Crippen molar-refractivity contribution >= 4 is 17.2 Å². The molecule has 2 heterocycles. The van der Waals surface area contributed by atoms with Gasteiger partial charge in [0.15, 0.2) is 0 Å². The summed E-state index contributed by atoms with van der Waals surface area (Å²) in [5.74, 6) is 0.551. The molecule has 1 unspecified atom stereocenters. The summed E-state index contributed by atoms with van der Waals surface area (Å²) >= 11 is 1.62. The zero-order chi connectivity index (χ0) is 13.3. The van der Waals surface area contributed by atoms with Crippen LogP contribution in [0.2, 0.25) is 0 Å². The minimum absolute atomic E-state index is 0.116. The third-order valence-electron chi connectivity index (χ3n) is 3.34. The van der Waals surface area contributed by atoms with Crippen LogP contribution >= 0.6 is 11.3 Å². The number of hydrogen-bond donors (Lipinski definition) is 1. The number of hydrogen-bond acceptors (Lipinski definition) is 4. The highest BCUT2D eigenvalue weighted by molar-refractivity contribution is 7.09. The molecule has 0 aliphatic carbocycles. The Morgan fingerprint density at radius 1 is 1.56 bits per heavy atom. The van der Waals surface area contributed by atoms with Gasteiger partial charge in [0.05, 0.1) is 11.6 Å². The van der Waals surface area contributed by atoms with E-state index in [1.807, 2.05) is 23.8 Å². The fraction of sp³-hybridized carbons (Fsp3) is 0.385. The first-order valence-electron chi connectivity index (χ1n) is 5.88. The molecule has 18 heavy (non-hydrogen) atoms. The molecular formula is C13H16N4S. The van der Waals surface area contributed by atoms with Gasteiger partial charge in [-0.3, -0.25) is 0 Å². The zero-order valence-corrected chi connectivity index (χ0v) is 11.6. The Bertz CT molecular complexity index is 590. The summed E-state index contributed by atoms with van der Waals surface area (Å²) in [6.45, 7) is 6.05. The number of thiazole rings is 1. The van der Waals surface area contributed by atoms with Gasteiger partial charge in [-0.15, -0.1) is 11.3 Å². The third-order valence-corrected chi connectivity index (χ3v) is 4.22. The lowest BCUT2D eigenvalue weighted by atomic mass is 10.2. The molecule has 0 saturated heterocycles. The summed E-state index contributed by atoms with van der Waals surface area (Å²) in [6.07, 6.45) is 2.70. The average molecular weight is 260 g/mol. The van der Waals surface area contributed by atoms with E-state index < -0.39 is 0 Å². The van der Waals surface area contributed by atoms with Gasteiger partial charge < -0.3 is 10.3 Å². The first-order valence-corrected chi connectivity index (χ1v) is 6.76. The smallest absolute Gasteiger partial charge is 0.122 e. The van der Waals surface area contributed by atoms with Crippen LogP contribution in [0.3, 0.4) is 0 Å². The number of rotatable bonds is 3. The van der Waals surface area contributed by atoms with Gasteiger partial charge in [-0.1, -0.05) is 6.92 Å². The lowest BCUT2D eigenvalue weighted by molar-refractivity contribution is 0.560. The van der Waals surface area contributed by atoms with Gasteiger partial charge in [-0.25, -0.2) is 4.98 Å². The Labute approximate surface area is 111 Å². The Morgan fingerprint density at radius 3 is 2.72 bits per heavy atom. The second-order valence-corrected chi connectivity index (χ2v) is 5.17. The fourth-order valence-electron chi connectivity index (χ4n) is 2.26. The van der Waals surface area contributed by atoms with E-state index in [-0.39, 0.29) is 6.04 Å². The molecule has 0 amide bonds. The Hall–Kier alpha value is -1.80. The molecule has 0 aromatic carbocycles. The molecule has 0 aliphatic heterocycles. The number of nitrogens with two attached hydrogens (primary N) is 1. The molecule has 0 fully saturated rings. The Balaban J connectivity index is 2.61. The topological polar surface area (TPSA) is 67.6 Å². The van der Waals surface area contributed by atoms with Crippen LogP contribution in [0.5, 0.6) is 0 Å². The summed E-state index contributed by atoms with van der Waals surface area (Å²) < 4.78 is 2.03. The van der Waals surface area contributed by atoms with Crippen LogP contribution in [0.4, 0.5) is 5.82 Å². The van der Waals surface area contributed by atoms with Gasteiger partial charge >= 0.3 is 0 Å². The maximum absolute atomic E-state index is 9.17. The van der Waals surface area contributed by atoms with Crippen molar-refractivity contribution in [3.63, 3.8) is 0 Å². The van der Waals surface area contributed by atoms with E-state index in [4.69, 9.17) is 11.0 Å². The molecule has 0 saturated carbocycles. The summed E-state index contributed by atoms with van der Waals surface area (Å²) in [5.41, 5.74) is 8.71. The molecule has 2 aromatic rings. The van der Waals surface area contributed by atoms with Crippen molar-refractivity contribution < 1.29 is 0 Å². The predicted molar refractivity (Wildman–Crippen MR) is 73.6 cm³/mol. The maximum atomic E-state index is 9.17. The van der Waals surface area contributed by atoms with Crippen LogP contribution < -0.4 is 5.73 Å². The number of aromatic nitrogens is 2. The zero-order valence-electron chi connectivity index (χ0n) is 10.8. The summed E-state index contributed by atoms with van der Waals surface area (Å²) in [6, 6.07) is 2.30. The van der Waals surface area contributed by atoms with Gasteiger partial charge in [0.1, 0.15) is 16.9 Å². The molecule has 0 aliphatic rings. The Morgan fingerprint density at radius 2 is 2.28 bits per heavy atom. The van der Waals surface area contributed by atoms with Gasteiger partial charge in [-0.2, -0.15) is 5.26 Å². The quantitative estimate of drug-likeness (QED) is 0.922. The molecule has 2 rings (SSSR count). The van der Waals surface area contributed by atoms with Crippen LogP contribution in [-0.2, 0) is 0 Å². The average Bonchev–Trinajstić information content (AvgIpc) is 2.94. The third kappa shape index (κ3) is 1.79. The lowest BCUT2D eigenvalue weighted by Gasteiger charge is -2.18. The summed E-state index contributed by atoms with van der Waals surface area (Å²) in [4.78, 5) is 4.37. The van der Waals surface area contributed by atoms with Gasteiger partial charge in [-0.05, 0) is 25.8 Å². The second kappa shape index (κ2) is 4.83. The van der Waals surface area contributed by atoms with Crippen LogP contribution in [-0.4, -0.2) is 9.55 Å². The Kier molecular flexibility index (Phi) is 3.39. The SMILES string of the molecule is CCC(c1nccs1)n1c(C)c(C)c(C#N)c1N. The highest BCUT2D eigenvalue weighted by Gasteiger charge is 2.23. The van der Waals surface area contributed by atoms with Crippen molar-refractivity contribution in [1.29, 1.82) is 5.26 Å². The summed E-state index contributed by atoms with van der Waals surface area (Å²) in [7, 11) is 0. The maximum Gasteiger partial charge on any atom is 0.122 e. The highest BCUT2D eigenvalue weighted by atomic mass is 32.1. The largest absolute Gasteiger partial charge is 0.384 e. The van der Waals surface area contributed by atoms with Gasteiger partial charge in [0.2, 0.25) is 0 Å². The summed E-state index contributed by atoms with van der Waals surface area (Å²) in [5, 5.41) is 12.2. The first-order chi connectivity index (χ1) is 8.61. The van der Waals surface area contributed by atoms with E-state index in [1.54, 1.807) is 17.5 Å². The molecule has 2 aromatic heterocycles. The molecule has 2 N–H and O–H groups in total. The first kappa shape index (κ1) is 12.7. The predicted octanol–water partition coefficient (Wildman–Crippen LogP) is 3.01. The molecule has 4 nitrogen and oxygen atoms in total. The molecule has 5 heteroatoms. The van der Waals surface area contributed by atoms with E-state index in [2.05, 4.69) is 18.0 Å². The fourth-order valence-corrected chi connectivity index (χ4v) is 3.08. The second-order valence-electron chi connectivity index (χ2n) is 4.25. The molecular weight excluding hydrogens is 244 g/mol. The van der Waals surface area contributed by atoms with E-state index in [0.717, 1.165) is 22.7 Å². The van der Waals surface area contributed by atoms with Crippen molar-refractivity contribution in [2.75, 3.05) is 5.73 Å². The molecule has 0 bridgehead atoms. The molecule has 1 atom stereocenters. The molecule has 94 valence electrons. The van der Waals surface area contributed by atoms with Crippen molar-refractivity contribution in [3.8, 4) is 6.07 Å². The monoisotopic (exact) mass is 260 g/mol. The van der Waals surface area contributed by atoms with E-state index in [1.165, 1.54) is 0 Å². The number of nitriles is 1. The van der Waals surface area contributed by atoms with Crippen LogP contribution in [0.1, 0.15) is 41.2 Å². The van der Waals surface area contributed by atoms with Crippen LogP contribution in [0.15, 0.2) is 11.6 Å². The highest BCUT2D eigenvalue weighted by Crippen LogP contribution is 2.33. The number of nitrogens with zero attached hydrogens (tertiary/aromatic N) is 3. The molecule has 0 spiro atoms. The van der Waals surface area contributed by atoms with Gasteiger partial charge in [0, 0.05) is 17.3 Å². The normalized spacial score (nSPS) is 12.3. The van der Waals surface area contributed by atoms with Gasteiger partial charge in [0.25, 0.3) is 0 Å².